The summed E-state index contributed by atoms with van der Waals surface area (Å²) in [5.41, 5.74) is -1.25. The predicted octanol–water partition coefficient (Wildman–Crippen LogP) is 6.83. The van der Waals surface area contributed by atoms with Gasteiger partial charge in [0, 0.05) is 65.9 Å². The lowest BCUT2D eigenvalue weighted by atomic mass is 9.98. The molecule has 13 nitrogen and oxygen atoms in total. The molecule has 326 valence electrons. The van der Waals surface area contributed by atoms with Crippen LogP contribution in [0, 0.1) is 11.3 Å². The molecule has 0 bridgehead atoms. The van der Waals surface area contributed by atoms with Crippen molar-refractivity contribution in [2.24, 2.45) is 0 Å². The maximum absolute atomic E-state index is 13.8. The molecule has 2 unspecified atom stereocenters. The van der Waals surface area contributed by atoms with E-state index in [1.54, 1.807) is 43.0 Å². The van der Waals surface area contributed by atoms with Crippen LogP contribution >= 0.6 is 24.2 Å². The number of halogens is 4. The predicted molar refractivity (Wildman–Crippen MR) is 231 cm³/mol. The summed E-state index contributed by atoms with van der Waals surface area (Å²) < 4.78 is 47.9. The van der Waals surface area contributed by atoms with Gasteiger partial charge in [-0.05, 0) is 100 Å². The average Bonchev–Trinajstić information content (AvgIpc) is 3.35. The third kappa shape index (κ3) is 10.0. The number of alkyl halides is 3. The molecule has 0 radical (unpaired) electrons. The monoisotopic (exact) mass is 882 g/mol. The van der Waals surface area contributed by atoms with Crippen molar-refractivity contribution in [3.8, 4) is 11.8 Å². The number of carbonyl (C=O) groups excluding carboxylic acids is 4. The minimum absolute atomic E-state index is 0.0158. The Kier molecular flexibility index (Phi) is 13.5. The van der Waals surface area contributed by atoms with Crippen molar-refractivity contribution in [2.45, 2.75) is 95.6 Å². The van der Waals surface area contributed by atoms with Crippen LogP contribution in [0.4, 0.5) is 35.9 Å². The van der Waals surface area contributed by atoms with E-state index < -0.39 is 46.2 Å². The van der Waals surface area contributed by atoms with Gasteiger partial charge in [0.1, 0.15) is 23.9 Å². The van der Waals surface area contributed by atoms with Gasteiger partial charge in [-0.25, -0.2) is 0 Å². The Hall–Kier alpha value is -5.02. The summed E-state index contributed by atoms with van der Waals surface area (Å²) in [6.07, 6.45) is -4.21. The van der Waals surface area contributed by atoms with E-state index in [2.05, 4.69) is 39.6 Å². The highest BCUT2D eigenvalue weighted by Crippen LogP contribution is 2.44. The summed E-state index contributed by atoms with van der Waals surface area (Å²) in [6, 6.07) is 14.9. The maximum atomic E-state index is 13.8. The summed E-state index contributed by atoms with van der Waals surface area (Å²) >= 11 is 11.1. The first-order chi connectivity index (χ1) is 28.7. The topological polar surface area (TPSA) is 150 Å². The number of rotatable bonds is 12. The normalized spacial score (nSPS) is 22.3. The van der Waals surface area contributed by atoms with Crippen molar-refractivity contribution in [3.05, 3.63) is 76.3 Å². The highest BCUT2D eigenvalue weighted by atomic mass is 35.5. The number of piperidine rings is 1. The summed E-state index contributed by atoms with van der Waals surface area (Å²) in [6.45, 7) is 14.2. The minimum atomic E-state index is -4.79. The lowest BCUT2D eigenvalue weighted by molar-refractivity contribution is -0.138. The summed E-state index contributed by atoms with van der Waals surface area (Å²) in [7, 11) is 0. The first kappa shape index (κ1) is 45.5. The molecule has 3 aromatic carbocycles. The number of benzene rings is 3. The van der Waals surface area contributed by atoms with Crippen LogP contribution in [0.5, 0.6) is 5.75 Å². The summed E-state index contributed by atoms with van der Waals surface area (Å²) in [5.74, 6) is -0.683. The van der Waals surface area contributed by atoms with Crippen LogP contribution in [-0.2, 0) is 25.4 Å². The number of amides is 4. The Morgan fingerprint density at radius 3 is 2.34 bits per heavy atom. The largest absolute Gasteiger partial charge is 0.492 e. The van der Waals surface area contributed by atoms with E-state index in [9.17, 15) is 37.6 Å². The number of carbonyl (C=O) groups is 4. The third-order valence-electron chi connectivity index (χ3n) is 11.3. The van der Waals surface area contributed by atoms with Gasteiger partial charge in [-0.2, -0.15) is 18.4 Å². The fraction of sp³-hybridized carbons (Fsp3) is 0.465. The molecule has 4 amide bonds. The van der Waals surface area contributed by atoms with Crippen molar-refractivity contribution in [1.82, 2.24) is 15.1 Å². The quantitative estimate of drug-likeness (QED) is 0.113. The van der Waals surface area contributed by atoms with E-state index in [1.807, 2.05) is 32.0 Å². The molecule has 3 heterocycles. The molecule has 3 aromatic rings. The van der Waals surface area contributed by atoms with E-state index in [1.165, 1.54) is 11.0 Å². The lowest BCUT2D eigenvalue weighted by Gasteiger charge is -2.44. The fourth-order valence-corrected chi connectivity index (χ4v) is 9.18. The highest BCUT2D eigenvalue weighted by molar-refractivity contribution is 7.81. The molecule has 3 saturated heterocycles. The summed E-state index contributed by atoms with van der Waals surface area (Å²) in [4.78, 5) is 58.3. The van der Waals surface area contributed by atoms with E-state index in [0.717, 1.165) is 17.7 Å². The second-order valence-electron chi connectivity index (χ2n) is 16.6. The Balaban J connectivity index is 1.05. The van der Waals surface area contributed by atoms with Crippen molar-refractivity contribution in [1.29, 1.82) is 5.26 Å². The average molecular weight is 883 g/mol. The van der Waals surface area contributed by atoms with Crippen LogP contribution in [0.2, 0.25) is 5.02 Å². The highest BCUT2D eigenvalue weighted by Gasteiger charge is 2.52. The number of nitrogens with one attached hydrogen (secondary N) is 3. The number of ether oxygens (including phenoxy) is 1. The van der Waals surface area contributed by atoms with E-state index in [-0.39, 0.29) is 48.5 Å². The van der Waals surface area contributed by atoms with Crippen LogP contribution in [0.1, 0.15) is 77.0 Å². The third-order valence-corrected chi connectivity index (χ3v) is 12.0. The number of anilines is 4. The first-order valence-electron chi connectivity index (χ1n) is 20.1. The van der Waals surface area contributed by atoms with Gasteiger partial charge in [-0.15, -0.1) is 12.6 Å². The molecule has 6 rings (SSSR count). The van der Waals surface area contributed by atoms with Crippen molar-refractivity contribution < 1.29 is 37.1 Å². The van der Waals surface area contributed by atoms with Gasteiger partial charge in [0.15, 0.2) is 5.50 Å². The van der Waals surface area contributed by atoms with Crippen LogP contribution in [0.25, 0.3) is 0 Å². The van der Waals surface area contributed by atoms with Gasteiger partial charge in [-0.1, -0.05) is 25.4 Å². The summed E-state index contributed by atoms with van der Waals surface area (Å²) in [5, 5.41) is 18.0. The number of nitrogens with zero attached hydrogens (tertiary/aromatic N) is 5. The SMILES string of the molecule is CC(C)c1cc(N2C(S)N(c3ccc(C#N)c(C(F)(F)F)c3)C(=O)C2(C)C)ccc1OCCN1C[C@@H](C)N(CC(=O)Nc2cc(Cl)cc(NC3CCC(=O)NC3=O)c2)[C@@H](C)C1. The second kappa shape index (κ2) is 18.1. The van der Waals surface area contributed by atoms with Gasteiger partial charge in [-0.3, -0.25) is 39.2 Å². The molecule has 3 fully saturated rings. The molecule has 0 aliphatic carbocycles. The zero-order valence-electron chi connectivity index (χ0n) is 34.8. The van der Waals surface area contributed by atoms with Crippen LogP contribution < -0.4 is 30.5 Å². The smallest absolute Gasteiger partial charge is 0.417 e. The van der Waals surface area contributed by atoms with Crippen LogP contribution in [0.3, 0.4) is 0 Å². The van der Waals surface area contributed by atoms with Gasteiger partial charge in [0.05, 0.1) is 23.7 Å². The molecular weight excluding hydrogens is 833 g/mol. The van der Waals surface area contributed by atoms with E-state index in [0.29, 0.717) is 60.5 Å². The lowest BCUT2D eigenvalue weighted by Crippen LogP contribution is -2.58. The standard InChI is InChI=1S/C43H50ClF3N8O5S/c1-24(2)33-18-32(55-41(61)54(40(59)42(55,5)6)31-8-7-27(20-48)34(19-31)43(45,46)47)9-11-36(33)60-14-13-52-21-25(3)53(26(4)22-52)23-38(57)50-30-16-28(44)15-29(17-30)49-35-10-12-37(56)51-39(35)58/h7-9,11,15-19,24-26,35,41,49,61H,10,12-14,21-23H2,1-6H3,(H,50,57)(H,51,56,58)/t25-,26+,35?,41?. The number of piperazine rings is 1. The number of hydrogen-bond donors (Lipinski definition) is 4. The van der Waals surface area contributed by atoms with Crippen molar-refractivity contribution in [3.63, 3.8) is 0 Å². The minimum Gasteiger partial charge on any atom is -0.492 e. The molecule has 3 aliphatic rings. The van der Waals surface area contributed by atoms with Gasteiger partial charge < -0.3 is 20.3 Å². The first-order valence-corrected chi connectivity index (χ1v) is 20.9. The molecule has 3 aliphatic heterocycles. The Morgan fingerprint density at radius 2 is 1.70 bits per heavy atom. The molecule has 0 spiro atoms. The number of nitriles is 1. The molecule has 0 aromatic heterocycles. The Bertz CT molecular complexity index is 2220. The number of imide groups is 1. The van der Waals surface area contributed by atoms with Gasteiger partial charge >= 0.3 is 6.18 Å². The molecular formula is C43H50ClF3N8O5S. The second-order valence-corrected chi connectivity index (χ2v) is 17.5. The van der Waals surface area contributed by atoms with E-state index >= 15 is 0 Å². The Labute approximate surface area is 363 Å². The molecule has 18 heteroatoms. The molecule has 4 atom stereocenters. The van der Waals surface area contributed by atoms with Gasteiger partial charge in [0.2, 0.25) is 17.7 Å². The molecule has 0 saturated carbocycles. The molecule has 61 heavy (non-hydrogen) atoms. The van der Waals surface area contributed by atoms with Crippen LogP contribution in [-0.4, -0.2) is 95.4 Å². The number of hydrogen-bond acceptors (Lipinski definition) is 11. The Morgan fingerprint density at radius 1 is 1.03 bits per heavy atom. The van der Waals surface area contributed by atoms with Crippen LogP contribution in [0.15, 0.2) is 54.6 Å². The van der Waals surface area contributed by atoms with Gasteiger partial charge in [0.25, 0.3) is 5.91 Å². The molecule has 3 N–H and O–H groups in total. The zero-order chi connectivity index (χ0) is 44.6. The maximum Gasteiger partial charge on any atom is 0.417 e. The number of thiol groups is 1. The zero-order valence-corrected chi connectivity index (χ0v) is 36.4. The van der Waals surface area contributed by atoms with E-state index in [4.69, 9.17) is 29.0 Å². The fourth-order valence-electron chi connectivity index (χ4n) is 8.28. The van der Waals surface area contributed by atoms with Crippen molar-refractivity contribution >= 4 is 70.6 Å². The van der Waals surface area contributed by atoms with Crippen molar-refractivity contribution in [2.75, 3.05) is 53.2 Å².